The number of piperidine rings is 1. The van der Waals surface area contributed by atoms with Crippen LogP contribution in [-0.2, 0) is 17.1 Å². The molecule has 1 aromatic heterocycles. The molecule has 18 heavy (non-hydrogen) atoms. The highest BCUT2D eigenvalue weighted by molar-refractivity contribution is 7.89. The molecule has 0 aromatic carbocycles. The first-order valence-corrected chi connectivity index (χ1v) is 7.62. The van der Waals surface area contributed by atoms with E-state index in [0.29, 0.717) is 11.9 Å². The molecule has 0 aliphatic carbocycles. The Labute approximate surface area is 108 Å². The zero-order valence-electron chi connectivity index (χ0n) is 11.0. The molecule has 0 saturated carbocycles. The number of imidazole rings is 1. The molecule has 2 rings (SSSR count). The van der Waals surface area contributed by atoms with Crippen molar-refractivity contribution in [2.45, 2.75) is 43.8 Å². The van der Waals surface area contributed by atoms with E-state index in [1.54, 1.807) is 24.7 Å². The van der Waals surface area contributed by atoms with Gasteiger partial charge in [-0.1, -0.05) is 0 Å². The van der Waals surface area contributed by atoms with Crippen molar-refractivity contribution in [3.63, 3.8) is 0 Å². The van der Waals surface area contributed by atoms with Gasteiger partial charge in [0.2, 0.25) is 0 Å². The maximum atomic E-state index is 12.2. The topological polar surface area (TPSA) is 76.0 Å². The lowest BCUT2D eigenvalue weighted by Crippen LogP contribution is -2.46. The summed E-state index contributed by atoms with van der Waals surface area (Å²) in [6, 6.07) is 0.338. The van der Waals surface area contributed by atoms with E-state index in [1.807, 2.05) is 0 Å². The molecule has 6 nitrogen and oxygen atoms in total. The molecule has 1 aliphatic heterocycles. The van der Waals surface area contributed by atoms with E-state index in [1.165, 1.54) is 0 Å². The summed E-state index contributed by atoms with van der Waals surface area (Å²) in [6.45, 7) is 4.69. The third-order valence-electron chi connectivity index (χ3n) is 3.31. The summed E-state index contributed by atoms with van der Waals surface area (Å²) in [6.07, 6.45) is 3.17. The maximum Gasteiger partial charge on any atom is 0.259 e. The van der Waals surface area contributed by atoms with Gasteiger partial charge in [0.25, 0.3) is 10.0 Å². The molecule has 2 unspecified atom stereocenters. The summed E-state index contributed by atoms with van der Waals surface area (Å²) in [4.78, 5) is 4.06. The van der Waals surface area contributed by atoms with Gasteiger partial charge < -0.3 is 9.88 Å². The second-order valence-electron chi connectivity index (χ2n) is 4.94. The van der Waals surface area contributed by atoms with Crippen LogP contribution in [0.15, 0.2) is 11.2 Å². The monoisotopic (exact) mass is 272 g/mol. The van der Waals surface area contributed by atoms with Gasteiger partial charge in [0.15, 0.2) is 5.03 Å². The highest BCUT2D eigenvalue weighted by Gasteiger charge is 2.26. The molecule has 102 valence electrons. The van der Waals surface area contributed by atoms with Gasteiger partial charge in [0, 0.05) is 25.3 Å². The first-order valence-electron chi connectivity index (χ1n) is 6.14. The van der Waals surface area contributed by atoms with Crippen molar-refractivity contribution in [3.05, 3.63) is 12.0 Å². The van der Waals surface area contributed by atoms with Crippen LogP contribution in [0.1, 0.15) is 25.6 Å². The Morgan fingerprint density at radius 3 is 2.83 bits per heavy atom. The molecule has 0 spiro atoms. The molecule has 2 atom stereocenters. The van der Waals surface area contributed by atoms with Crippen LogP contribution in [0.4, 0.5) is 0 Å². The Morgan fingerprint density at radius 1 is 1.56 bits per heavy atom. The van der Waals surface area contributed by atoms with E-state index in [0.717, 1.165) is 19.4 Å². The lowest BCUT2D eigenvalue weighted by atomic mass is 10.0. The van der Waals surface area contributed by atoms with E-state index in [-0.39, 0.29) is 11.1 Å². The number of aromatic nitrogens is 2. The molecule has 0 radical (unpaired) electrons. The Kier molecular flexibility index (Phi) is 3.74. The minimum Gasteiger partial charge on any atom is -0.337 e. The molecule has 1 fully saturated rings. The van der Waals surface area contributed by atoms with Crippen LogP contribution in [0.2, 0.25) is 0 Å². The van der Waals surface area contributed by atoms with Gasteiger partial charge in [-0.25, -0.2) is 18.1 Å². The van der Waals surface area contributed by atoms with Gasteiger partial charge >= 0.3 is 0 Å². The second-order valence-corrected chi connectivity index (χ2v) is 6.60. The number of hydrogen-bond donors (Lipinski definition) is 2. The van der Waals surface area contributed by atoms with Crippen molar-refractivity contribution < 1.29 is 8.42 Å². The Bertz CT molecular complexity index is 504. The molecule has 2 N–H and O–H groups in total. The zero-order valence-corrected chi connectivity index (χ0v) is 11.8. The average molecular weight is 272 g/mol. The number of hydrogen-bond acceptors (Lipinski definition) is 4. The lowest BCUT2D eigenvalue weighted by molar-refractivity contribution is 0.361. The van der Waals surface area contributed by atoms with E-state index in [9.17, 15) is 8.42 Å². The summed E-state index contributed by atoms with van der Waals surface area (Å²) >= 11 is 0. The van der Waals surface area contributed by atoms with E-state index < -0.39 is 10.0 Å². The smallest absolute Gasteiger partial charge is 0.259 e. The van der Waals surface area contributed by atoms with Crippen molar-refractivity contribution in [1.29, 1.82) is 0 Å². The Morgan fingerprint density at radius 2 is 2.28 bits per heavy atom. The third-order valence-corrected chi connectivity index (χ3v) is 4.70. The van der Waals surface area contributed by atoms with Crippen LogP contribution in [0.3, 0.4) is 0 Å². The van der Waals surface area contributed by atoms with E-state index in [2.05, 4.69) is 21.9 Å². The minimum atomic E-state index is -3.49. The van der Waals surface area contributed by atoms with Crippen molar-refractivity contribution in [3.8, 4) is 0 Å². The fourth-order valence-corrected chi connectivity index (χ4v) is 3.50. The summed E-state index contributed by atoms with van der Waals surface area (Å²) in [5.41, 5.74) is 0. The highest BCUT2D eigenvalue weighted by atomic mass is 32.2. The van der Waals surface area contributed by atoms with E-state index in [4.69, 9.17) is 0 Å². The second kappa shape index (κ2) is 4.99. The lowest BCUT2D eigenvalue weighted by Gasteiger charge is -2.28. The van der Waals surface area contributed by atoms with Crippen molar-refractivity contribution in [2.24, 2.45) is 7.05 Å². The van der Waals surface area contributed by atoms with Gasteiger partial charge in [-0.3, -0.25) is 0 Å². The summed E-state index contributed by atoms with van der Waals surface area (Å²) in [7, 11) is -1.71. The zero-order chi connectivity index (χ0) is 13.3. The third kappa shape index (κ3) is 2.90. The van der Waals surface area contributed by atoms with Gasteiger partial charge in [-0.05, 0) is 33.2 Å². The SMILES string of the molecule is Cc1nc(S(=O)(=O)NC2CCNC(C)C2)cn1C. The van der Waals surface area contributed by atoms with Crippen molar-refractivity contribution in [2.75, 3.05) is 6.54 Å². The van der Waals surface area contributed by atoms with Crippen LogP contribution < -0.4 is 10.0 Å². The van der Waals surface area contributed by atoms with Crippen LogP contribution in [0, 0.1) is 6.92 Å². The fourth-order valence-electron chi connectivity index (χ4n) is 2.17. The van der Waals surface area contributed by atoms with Crippen LogP contribution >= 0.6 is 0 Å². The molecule has 1 aromatic rings. The quantitative estimate of drug-likeness (QED) is 0.821. The van der Waals surface area contributed by atoms with Gasteiger partial charge in [0.1, 0.15) is 5.82 Å². The normalized spacial score (nSPS) is 25.3. The van der Waals surface area contributed by atoms with E-state index >= 15 is 0 Å². The number of rotatable bonds is 3. The molecule has 0 bridgehead atoms. The standard InChI is InChI=1S/C11H20N4O2S/c1-8-6-10(4-5-12-8)14-18(16,17)11-7-15(3)9(2)13-11/h7-8,10,12,14H,4-6H2,1-3H3. The molecule has 1 saturated heterocycles. The molecular formula is C11H20N4O2S. The predicted octanol–water partition coefficient (Wildman–Crippen LogP) is 0.147. The summed E-state index contributed by atoms with van der Waals surface area (Å²) < 4.78 is 28.8. The molecule has 2 heterocycles. The Balaban J connectivity index is 2.12. The number of nitrogens with one attached hydrogen (secondary N) is 2. The molecule has 0 amide bonds. The molecular weight excluding hydrogens is 252 g/mol. The Hall–Kier alpha value is -0.920. The first kappa shape index (κ1) is 13.5. The van der Waals surface area contributed by atoms with Gasteiger partial charge in [-0.15, -0.1) is 0 Å². The van der Waals surface area contributed by atoms with Crippen LogP contribution in [-0.4, -0.2) is 36.6 Å². The summed E-state index contributed by atoms with van der Waals surface area (Å²) in [5, 5.41) is 3.40. The predicted molar refractivity (Wildman–Crippen MR) is 68.8 cm³/mol. The minimum absolute atomic E-state index is 0.00596. The average Bonchev–Trinajstić information content (AvgIpc) is 2.59. The largest absolute Gasteiger partial charge is 0.337 e. The number of nitrogens with zero attached hydrogens (tertiary/aromatic N) is 2. The van der Waals surface area contributed by atoms with Crippen LogP contribution in [0.5, 0.6) is 0 Å². The number of sulfonamides is 1. The van der Waals surface area contributed by atoms with Crippen LogP contribution in [0.25, 0.3) is 0 Å². The first-order chi connectivity index (χ1) is 8.38. The highest BCUT2D eigenvalue weighted by Crippen LogP contribution is 2.13. The summed E-state index contributed by atoms with van der Waals surface area (Å²) in [5.74, 6) is 0.689. The fraction of sp³-hybridized carbons (Fsp3) is 0.727. The molecule has 7 heteroatoms. The van der Waals surface area contributed by atoms with Crippen molar-refractivity contribution in [1.82, 2.24) is 19.6 Å². The van der Waals surface area contributed by atoms with Gasteiger partial charge in [-0.2, -0.15) is 0 Å². The molecule has 1 aliphatic rings. The van der Waals surface area contributed by atoms with Gasteiger partial charge in [0.05, 0.1) is 0 Å². The van der Waals surface area contributed by atoms with Crippen molar-refractivity contribution >= 4 is 10.0 Å². The number of aryl methyl sites for hydroxylation is 2. The maximum absolute atomic E-state index is 12.2.